The summed E-state index contributed by atoms with van der Waals surface area (Å²) in [4.78, 5) is 12.0. The molecular formula is C18H28N2O3. The van der Waals surface area contributed by atoms with Crippen LogP contribution in [0.25, 0.3) is 0 Å². The van der Waals surface area contributed by atoms with Crippen LogP contribution in [0, 0.1) is 5.92 Å². The number of carbonyl (C=O) groups is 1. The lowest BCUT2D eigenvalue weighted by Crippen LogP contribution is -2.36. The number of hydrogen-bond acceptors (Lipinski definition) is 4. The van der Waals surface area contributed by atoms with E-state index in [4.69, 9.17) is 9.47 Å². The number of benzene rings is 1. The monoisotopic (exact) mass is 320 g/mol. The Bertz CT molecular complexity index is 515. The number of carbonyl (C=O) groups excluding carboxylic acids is 1. The summed E-state index contributed by atoms with van der Waals surface area (Å²) in [6.07, 6.45) is 2.58. The van der Waals surface area contributed by atoms with Crippen molar-refractivity contribution >= 4 is 5.91 Å². The molecule has 1 aliphatic rings. The van der Waals surface area contributed by atoms with Gasteiger partial charge in [-0.25, -0.2) is 0 Å². The van der Waals surface area contributed by atoms with E-state index in [0.717, 1.165) is 29.5 Å². The SMILES string of the molecule is CCOc1ccc(C(C)NC(=O)CNCC2CC2)cc1OCC. The van der Waals surface area contributed by atoms with Crippen LogP contribution >= 0.6 is 0 Å². The standard InChI is InChI=1S/C18H28N2O3/c1-4-22-16-9-8-15(10-17(16)23-5-2)13(3)20-18(21)12-19-11-14-6-7-14/h8-10,13-14,19H,4-7,11-12H2,1-3H3,(H,20,21). The molecule has 0 spiro atoms. The van der Waals surface area contributed by atoms with Gasteiger partial charge in [-0.2, -0.15) is 0 Å². The number of hydrogen-bond donors (Lipinski definition) is 2. The number of nitrogens with one attached hydrogen (secondary N) is 2. The first-order valence-corrected chi connectivity index (χ1v) is 8.53. The highest BCUT2D eigenvalue weighted by molar-refractivity contribution is 5.78. The molecule has 1 amide bonds. The molecule has 23 heavy (non-hydrogen) atoms. The molecule has 1 aromatic carbocycles. The van der Waals surface area contributed by atoms with Gasteiger partial charge >= 0.3 is 0 Å². The Morgan fingerprint density at radius 1 is 1.22 bits per heavy atom. The van der Waals surface area contributed by atoms with Gasteiger partial charge in [0.05, 0.1) is 25.8 Å². The fourth-order valence-corrected chi connectivity index (χ4v) is 2.42. The number of amides is 1. The van der Waals surface area contributed by atoms with E-state index in [1.54, 1.807) is 0 Å². The van der Waals surface area contributed by atoms with E-state index in [-0.39, 0.29) is 11.9 Å². The highest BCUT2D eigenvalue weighted by atomic mass is 16.5. The molecule has 0 radical (unpaired) electrons. The smallest absolute Gasteiger partial charge is 0.234 e. The van der Waals surface area contributed by atoms with Crippen molar-refractivity contribution < 1.29 is 14.3 Å². The Morgan fingerprint density at radius 3 is 2.57 bits per heavy atom. The van der Waals surface area contributed by atoms with Crippen molar-refractivity contribution in [1.29, 1.82) is 0 Å². The predicted octanol–water partition coefficient (Wildman–Crippen LogP) is 2.66. The fraction of sp³-hybridized carbons (Fsp3) is 0.611. The van der Waals surface area contributed by atoms with Crippen LogP contribution in [-0.4, -0.2) is 32.2 Å². The molecular weight excluding hydrogens is 292 g/mol. The summed E-state index contributed by atoms with van der Waals surface area (Å²) in [7, 11) is 0. The highest BCUT2D eigenvalue weighted by Crippen LogP contribution is 2.30. The molecule has 1 saturated carbocycles. The first-order chi connectivity index (χ1) is 11.1. The van der Waals surface area contributed by atoms with Crippen molar-refractivity contribution in [2.45, 2.75) is 39.7 Å². The van der Waals surface area contributed by atoms with Crippen LogP contribution in [-0.2, 0) is 4.79 Å². The Morgan fingerprint density at radius 2 is 1.91 bits per heavy atom. The second kappa shape index (κ2) is 8.77. The molecule has 0 aliphatic heterocycles. The molecule has 1 aromatic rings. The van der Waals surface area contributed by atoms with Gasteiger partial charge in [0.2, 0.25) is 5.91 Å². The molecule has 5 heteroatoms. The van der Waals surface area contributed by atoms with Crippen LogP contribution in [0.1, 0.15) is 45.2 Å². The van der Waals surface area contributed by atoms with Gasteiger partial charge in [-0.1, -0.05) is 6.07 Å². The van der Waals surface area contributed by atoms with Crippen molar-refractivity contribution in [1.82, 2.24) is 10.6 Å². The zero-order valence-corrected chi connectivity index (χ0v) is 14.4. The molecule has 1 atom stereocenters. The summed E-state index contributed by atoms with van der Waals surface area (Å²) >= 11 is 0. The average Bonchev–Trinajstić information content (AvgIpc) is 3.33. The van der Waals surface area contributed by atoms with E-state index in [2.05, 4.69) is 10.6 Å². The molecule has 1 unspecified atom stereocenters. The zero-order chi connectivity index (χ0) is 16.7. The average molecular weight is 320 g/mol. The summed E-state index contributed by atoms with van der Waals surface area (Å²) < 4.78 is 11.2. The molecule has 2 N–H and O–H groups in total. The molecule has 1 aliphatic carbocycles. The van der Waals surface area contributed by atoms with E-state index in [9.17, 15) is 4.79 Å². The molecule has 0 heterocycles. The summed E-state index contributed by atoms with van der Waals surface area (Å²) in [5.41, 5.74) is 1.01. The minimum atomic E-state index is -0.0693. The molecule has 5 nitrogen and oxygen atoms in total. The first-order valence-electron chi connectivity index (χ1n) is 8.53. The van der Waals surface area contributed by atoms with E-state index < -0.39 is 0 Å². The third kappa shape index (κ3) is 5.75. The van der Waals surface area contributed by atoms with Gasteiger partial charge in [0.15, 0.2) is 11.5 Å². The third-order valence-corrected chi connectivity index (χ3v) is 3.86. The molecule has 0 saturated heterocycles. The summed E-state index contributed by atoms with van der Waals surface area (Å²) in [5.74, 6) is 2.26. The van der Waals surface area contributed by atoms with Crippen molar-refractivity contribution in [2.24, 2.45) is 5.92 Å². The van der Waals surface area contributed by atoms with Gasteiger partial charge in [0.25, 0.3) is 0 Å². The quantitative estimate of drug-likeness (QED) is 0.696. The first kappa shape index (κ1) is 17.6. The van der Waals surface area contributed by atoms with Crippen LogP contribution in [0.5, 0.6) is 11.5 Å². The minimum Gasteiger partial charge on any atom is -0.490 e. The van der Waals surface area contributed by atoms with E-state index in [1.165, 1.54) is 12.8 Å². The lowest BCUT2D eigenvalue weighted by molar-refractivity contribution is -0.120. The molecule has 2 rings (SSSR count). The Kier molecular flexibility index (Phi) is 6.71. The minimum absolute atomic E-state index is 0.0185. The number of ether oxygens (including phenoxy) is 2. The molecule has 0 bridgehead atoms. The van der Waals surface area contributed by atoms with E-state index in [1.807, 2.05) is 39.0 Å². The van der Waals surface area contributed by atoms with Crippen LogP contribution in [0.4, 0.5) is 0 Å². The largest absolute Gasteiger partial charge is 0.490 e. The second-order valence-electron chi connectivity index (χ2n) is 5.94. The maximum absolute atomic E-state index is 12.0. The topological polar surface area (TPSA) is 59.6 Å². The van der Waals surface area contributed by atoms with Crippen LogP contribution in [0.15, 0.2) is 18.2 Å². The normalized spacial score (nSPS) is 15.1. The van der Waals surface area contributed by atoms with Crippen LogP contribution in [0.2, 0.25) is 0 Å². The van der Waals surface area contributed by atoms with Crippen LogP contribution < -0.4 is 20.1 Å². The Labute approximate surface area is 138 Å². The van der Waals surface area contributed by atoms with Crippen LogP contribution in [0.3, 0.4) is 0 Å². The van der Waals surface area contributed by atoms with Crippen molar-refractivity contribution in [2.75, 3.05) is 26.3 Å². The molecule has 1 fully saturated rings. The third-order valence-electron chi connectivity index (χ3n) is 3.86. The summed E-state index contributed by atoms with van der Waals surface area (Å²) in [6, 6.07) is 5.74. The van der Waals surface area contributed by atoms with Gasteiger partial charge < -0.3 is 20.1 Å². The molecule has 0 aromatic heterocycles. The van der Waals surface area contributed by atoms with E-state index in [0.29, 0.717) is 19.8 Å². The maximum Gasteiger partial charge on any atom is 0.234 e. The van der Waals surface area contributed by atoms with Crippen molar-refractivity contribution in [3.8, 4) is 11.5 Å². The van der Waals surface area contributed by atoms with Gasteiger partial charge in [-0.3, -0.25) is 4.79 Å². The van der Waals surface area contributed by atoms with Gasteiger partial charge in [0.1, 0.15) is 0 Å². The molecule has 128 valence electrons. The second-order valence-corrected chi connectivity index (χ2v) is 5.94. The zero-order valence-electron chi connectivity index (χ0n) is 14.4. The number of rotatable bonds is 10. The maximum atomic E-state index is 12.0. The Hall–Kier alpha value is -1.75. The van der Waals surface area contributed by atoms with Gasteiger partial charge in [-0.05, 0) is 63.8 Å². The Balaban J connectivity index is 1.90. The van der Waals surface area contributed by atoms with Crippen molar-refractivity contribution in [3.63, 3.8) is 0 Å². The lowest BCUT2D eigenvalue weighted by Gasteiger charge is -2.17. The summed E-state index contributed by atoms with van der Waals surface area (Å²) in [5, 5.41) is 6.22. The van der Waals surface area contributed by atoms with Crippen molar-refractivity contribution in [3.05, 3.63) is 23.8 Å². The van der Waals surface area contributed by atoms with E-state index >= 15 is 0 Å². The van der Waals surface area contributed by atoms with Gasteiger partial charge in [0, 0.05) is 0 Å². The predicted molar refractivity (Wildman–Crippen MR) is 90.9 cm³/mol. The fourth-order valence-electron chi connectivity index (χ4n) is 2.42. The van der Waals surface area contributed by atoms with Gasteiger partial charge in [-0.15, -0.1) is 0 Å². The summed E-state index contributed by atoms with van der Waals surface area (Å²) in [6.45, 7) is 8.35. The lowest BCUT2D eigenvalue weighted by atomic mass is 10.1. The highest BCUT2D eigenvalue weighted by Gasteiger charge is 2.21.